The van der Waals surface area contributed by atoms with Gasteiger partial charge in [0.15, 0.2) is 0 Å². The van der Waals surface area contributed by atoms with Crippen molar-refractivity contribution in [2.45, 2.75) is 6.54 Å². The first-order chi connectivity index (χ1) is 9.69. The van der Waals surface area contributed by atoms with Crippen molar-refractivity contribution in [2.75, 3.05) is 5.32 Å². The van der Waals surface area contributed by atoms with Crippen LogP contribution < -0.4 is 10.6 Å². The third-order valence-electron chi connectivity index (χ3n) is 2.64. The summed E-state index contributed by atoms with van der Waals surface area (Å²) in [5.74, 6) is 0. The van der Waals surface area contributed by atoms with Crippen molar-refractivity contribution in [3.05, 3.63) is 64.1 Å². The molecule has 2 amide bonds. The van der Waals surface area contributed by atoms with E-state index in [0.29, 0.717) is 17.8 Å². The van der Waals surface area contributed by atoms with Crippen molar-refractivity contribution in [1.82, 2.24) is 5.32 Å². The summed E-state index contributed by atoms with van der Waals surface area (Å²) >= 11 is 3.38. The standard InChI is InChI=1S/C15H12BrN3O/c16-13-6-3-4-11(8-13)10-18-15(20)19-14-7-2-1-5-12(14)9-17/h1-8H,10H2,(H2,18,19,20). The molecule has 4 nitrogen and oxygen atoms in total. The van der Waals surface area contributed by atoms with Crippen LogP contribution in [0.3, 0.4) is 0 Å². The lowest BCUT2D eigenvalue weighted by molar-refractivity contribution is 0.251. The number of hydrogen-bond donors (Lipinski definition) is 2. The summed E-state index contributed by atoms with van der Waals surface area (Å²) in [7, 11) is 0. The molecule has 2 aromatic carbocycles. The second-order valence-corrected chi connectivity index (χ2v) is 5.01. The van der Waals surface area contributed by atoms with E-state index in [0.717, 1.165) is 10.0 Å². The van der Waals surface area contributed by atoms with Crippen molar-refractivity contribution in [3.63, 3.8) is 0 Å². The molecule has 0 aliphatic carbocycles. The summed E-state index contributed by atoms with van der Waals surface area (Å²) < 4.78 is 0.965. The number of carbonyl (C=O) groups is 1. The molecule has 0 spiro atoms. The largest absolute Gasteiger partial charge is 0.334 e. The molecule has 0 bridgehead atoms. The summed E-state index contributed by atoms with van der Waals surface area (Å²) in [6.45, 7) is 0.417. The van der Waals surface area contributed by atoms with Gasteiger partial charge in [-0.3, -0.25) is 0 Å². The minimum absolute atomic E-state index is 0.340. The monoisotopic (exact) mass is 329 g/mol. The number of amides is 2. The van der Waals surface area contributed by atoms with Gasteiger partial charge in [-0.05, 0) is 29.8 Å². The number of halogens is 1. The van der Waals surface area contributed by atoms with Gasteiger partial charge in [0.25, 0.3) is 0 Å². The van der Waals surface area contributed by atoms with E-state index in [4.69, 9.17) is 5.26 Å². The summed E-state index contributed by atoms with van der Waals surface area (Å²) in [5, 5.41) is 14.4. The number of hydrogen-bond acceptors (Lipinski definition) is 2. The molecule has 0 heterocycles. The van der Waals surface area contributed by atoms with Gasteiger partial charge in [-0.1, -0.05) is 40.2 Å². The molecule has 0 aliphatic heterocycles. The van der Waals surface area contributed by atoms with Gasteiger partial charge in [-0.15, -0.1) is 0 Å². The Labute approximate surface area is 125 Å². The van der Waals surface area contributed by atoms with Crippen LogP contribution in [0.25, 0.3) is 0 Å². The molecule has 100 valence electrons. The van der Waals surface area contributed by atoms with Crippen LogP contribution in [0.1, 0.15) is 11.1 Å². The van der Waals surface area contributed by atoms with E-state index >= 15 is 0 Å². The topological polar surface area (TPSA) is 64.9 Å². The average Bonchev–Trinajstić information content (AvgIpc) is 2.46. The molecule has 2 rings (SSSR count). The molecular weight excluding hydrogens is 318 g/mol. The maximum absolute atomic E-state index is 11.8. The van der Waals surface area contributed by atoms with Crippen LogP contribution in [-0.2, 0) is 6.54 Å². The zero-order valence-corrected chi connectivity index (χ0v) is 12.1. The molecule has 0 saturated carbocycles. The zero-order valence-electron chi connectivity index (χ0n) is 10.6. The van der Waals surface area contributed by atoms with Gasteiger partial charge in [0.1, 0.15) is 6.07 Å². The number of rotatable bonds is 3. The van der Waals surface area contributed by atoms with Gasteiger partial charge >= 0.3 is 6.03 Å². The van der Waals surface area contributed by atoms with Crippen molar-refractivity contribution in [2.24, 2.45) is 0 Å². The van der Waals surface area contributed by atoms with E-state index in [1.54, 1.807) is 24.3 Å². The van der Waals surface area contributed by atoms with Gasteiger partial charge in [-0.2, -0.15) is 5.26 Å². The number of nitrogens with zero attached hydrogens (tertiary/aromatic N) is 1. The van der Waals surface area contributed by atoms with Crippen LogP contribution in [0.4, 0.5) is 10.5 Å². The van der Waals surface area contributed by atoms with Gasteiger partial charge in [0.05, 0.1) is 11.3 Å². The smallest absolute Gasteiger partial charge is 0.319 e. The third kappa shape index (κ3) is 3.84. The highest BCUT2D eigenvalue weighted by Crippen LogP contribution is 2.14. The fraction of sp³-hybridized carbons (Fsp3) is 0.0667. The average molecular weight is 330 g/mol. The van der Waals surface area contributed by atoms with Crippen LogP contribution in [0.15, 0.2) is 53.0 Å². The summed E-state index contributed by atoms with van der Waals surface area (Å²) in [5.41, 5.74) is 1.93. The molecule has 0 aliphatic rings. The van der Waals surface area contributed by atoms with Gasteiger partial charge < -0.3 is 10.6 Å². The van der Waals surface area contributed by atoms with Crippen LogP contribution in [0.5, 0.6) is 0 Å². The molecule has 0 atom stereocenters. The number of nitrogens with one attached hydrogen (secondary N) is 2. The molecule has 0 unspecified atom stereocenters. The Balaban J connectivity index is 1.95. The van der Waals surface area contributed by atoms with Crippen LogP contribution >= 0.6 is 15.9 Å². The number of carbonyl (C=O) groups excluding carboxylic acids is 1. The number of benzene rings is 2. The Hall–Kier alpha value is -2.32. The van der Waals surface area contributed by atoms with E-state index in [2.05, 4.69) is 26.6 Å². The molecular formula is C15H12BrN3O. The van der Waals surface area contributed by atoms with Crippen LogP contribution in [0.2, 0.25) is 0 Å². The third-order valence-corrected chi connectivity index (χ3v) is 3.13. The number of anilines is 1. The Morgan fingerprint density at radius 3 is 2.75 bits per heavy atom. The lowest BCUT2D eigenvalue weighted by Gasteiger charge is -2.09. The lowest BCUT2D eigenvalue weighted by atomic mass is 10.2. The van der Waals surface area contributed by atoms with Crippen molar-refractivity contribution < 1.29 is 4.79 Å². The predicted octanol–water partition coefficient (Wildman–Crippen LogP) is 3.64. The molecule has 2 N–H and O–H groups in total. The van der Waals surface area contributed by atoms with Gasteiger partial charge in [0, 0.05) is 11.0 Å². The molecule has 0 saturated heterocycles. The molecule has 0 radical (unpaired) electrons. The zero-order chi connectivity index (χ0) is 14.4. The fourth-order valence-electron chi connectivity index (χ4n) is 1.69. The highest BCUT2D eigenvalue weighted by Gasteiger charge is 2.05. The highest BCUT2D eigenvalue weighted by molar-refractivity contribution is 9.10. The van der Waals surface area contributed by atoms with Crippen LogP contribution in [-0.4, -0.2) is 6.03 Å². The summed E-state index contributed by atoms with van der Waals surface area (Å²) in [6.07, 6.45) is 0. The molecule has 2 aromatic rings. The molecule has 20 heavy (non-hydrogen) atoms. The van der Waals surface area contributed by atoms with E-state index in [9.17, 15) is 4.79 Å². The van der Waals surface area contributed by atoms with Crippen LogP contribution in [0, 0.1) is 11.3 Å². The first-order valence-corrected chi connectivity index (χ1v) is 6.77. The van der Waals surface area contributed by atoms with E-state index in [1.807, 2.05) is 30.3 Å². The second kappa shape index (κ2) is 6.73. The molecule has 0 aromatic heterocycles. The van der Waals surface area contributed by atoms with E-state index in [1.165, 1.54) is 0 Å². The predicted molar refractivity (Wildman–Crippen MR) is 81.2 cm³/mol. The minimum Gasteiger partial charge on any atom is -0.334 e. The highest BCUT2D eigenvalue weighted by atomic mass is 79.9. The number of urea groups is 1. The lowest BCUT2D eigenvalue weighted by Crippen LogP contribution is -2.28. The summed E-state index contributed by atoms with van der Waals surface area (Å²) in [6, 6.07) is 16.3. The maximum atomic E-state index is 11.8. The van der Waals surface area contributed by atoms with Crippen molar-refractivity contribution >= 4 is 27.6 Å². The quantitative estimate of drug-likeness (QED) is 0.902. The minimum atomic E-state index is -0.340. The number of nitriles is 1. The second-order valence-electron chi connectivity index (χ2n) is 4.09. The Bertz CT molecular complexity index is 664. The van der Waals surface area contributed by atoms with Gasteiger partial charge in [-0.25, -0.2) is 4.79 Å². The van der Waals surface area contributed by atoms with E-state index < -0.39 is 0 Å². The molecule has 5 heteroatoms. The Morgan fingerprint density at radius 1 is 1.20 bits per heavy atom. The summed E-state index contributed by atoms with van der Waals surface area (Å²) in [4.78, 5) is 11.8. The Morgan fingerprint density at radius 2 is 2.00 bits per heavy atom. The SMILES string of the molecule is N#Cc1ccccc1NC(=O)NCc1cccc(Br)c1. The maximum Gasteiger partial charge on any atom is 0.319 e. The van der Waals surface area contributed by atoms with Crippen molar-refractivity contribution in [1.29, 1.82) is 5.26 Å². The fourth-order valence-corrected chi connectivity index (χ4v) is 2.13. The van der Waals surface area contributed by atoms with E-state index in [-0.39, 0.29) is 6.03 Å². The number of para-hydroxylation sites is 1. The molecule has 0 fully saturated rings. The van der Waals surface area contributed by atoms with Crippen molar-refractivity contribution in [3.8, 4) is 6.07 Å². The first-order valence-electron chi connectivity index (χ1n) is 5.97. The normalized spacial score (nSPS) is 9.60. The Kier molecular flexibility index (Phi) is 4.75. The van der Waals surface area contributed by atoms with Gasteiger partial charge in [0.2, 0.25) is 0 Å². The first kappa shape index (κ1) is 14.1.